The van der Waals surface area contributed by atoms with Crippen molar-refractivity contribution in [2.45, 2.75) is 49.1 Å². The molecule has 0 spiro atoms. The standard InChI is InChI=1S/C20H28N10O19P4/c21-15-9-17(25-3-23-15)29(5-27-9)19-13(33)11(31)7(45-19)1-43-51(37,38)47-14-12(32)8(2-44-52(39,40)49-53(41,42)48-50(34,35)36)46-20(14)30-6-28-10-16(22)24-4-26-18(10)30/h3-8,11-14,19-20,31-33H,1-2H2,(H,37,38)(H,39,40)(H,41,42)(H2,21,23,25)(H2,22,24,26)(H2,34,35,36). The molecule has 2 saturated heterocycles. The maximum absolute atomic E-state index is 13.3. The van der Waals surface area contributed by atoms with Gasteiger partial charge in [0.05, 0.1) is 25.9 Å². The second-order valence-corrected chi connectivity index (χ2v) is 16.8. The lowest BCUT2D eigenvalue weighted by Crippen LogP contribution is -2.36. The second kappa shape index (κ2) is 14.6. The summed E-state index contributed by atoms with van der Waals surface area (Å²) in [5.41, 5.74) is 11.9. The van der Waals surface area contributed by atoms with E-state index >= 15 is 0 Å². The number of aliphatic hydroxyl groups is 3. The predicted octanol–water partition coefficient (Wildman–Crippen LogP) is -2.45. The molecule has 12 N–H and O–H groups in total. The molecule has 33 heteroatoms. The van der Waals surface area contributed by atoms with Crippen molar-refractivity contribution in [3.63, 3.8) is 0 Å². The van der Waals surface area contributed by atoms with Crippen molar-refractivity contribution in [3.05, 3.63) is 25.3 Å². The molecular formula is C20H28N10O19P4. The minimum absolute atomic E-state index is 0.00443. The molecule has 4 aromatic heterocycles. The van der Waals surface area contributed by atoms with Crippen LogP contribution in [0.3, 0.4) is 0 Å². The molecule has 29 nitrogen and oxygen atoms in total. The normalized spacial score (nSPS) is 30.0. The number of phosphoric acid groups is 4. The highest BCUT2D eigenvalue weighted by Crippen LogP contribution is 2.66. The Hall–Kier alpha value is -2.98. The van der Waals surface area contributed by atoms with Gasteiger partial charge in [-0.1, -0.05) is 0 Å². The molecule has 4 aromatic rings. The fourth-order valence-corrected chi connectivity index (χ4v) is 9.19. The number of nitrogen functional groups attached to an aromatic ring is 2. The number of aliphatic hydroxyl groups excluding tert-OH is 3. The van der Waals surface area contributed by atoms with Gasteiger partial charge >= 0.3 is 31.3 Å². The Morgan fingerprint density at radius 3 is 1.68 bits per heavy atom. The van der Waals surface area contributed by atoms with Crippen LogP contribution in [0.1, 0.15) is 12.5 Å². The number of aromatic nitrogens is 8. The van der Waals surface area contributed by atoms with Crippen LogP contribution in [0.2, 0.25) is 0 Å². The van der Waals surface area contributed by atoms with Gasteiger partial charge in [0.25, 0.3) is 0 Å². The molecule has 53 heavy (non-hydrogen) atoms. The van der Waals surface area contributed by atoms with Crippen molar-refractivity contribution >= 4 is 65.3 Å². The lowest BCUT2D eigenvalue weighted by atomic mass is 10.1. The zero-order valence-electron chi connectivity index (χ0n) is 25.9. The summed E-state index contributed by atoms with van der Waals surface area (Å²) in [7, 11) is -22.6. The fraction of sp³-hybridized carbons (Fsp3) is 0.500. The summed E-state index contributed by atoms with van der Waals surface area (Å²) in [4.78, 5) is 71.2. The topological polar surface area (TPSA) is 434 Å². The van der Waals surface area contributed by atoms with E-state index in [1.807, 2.05) is 0 Å². The average molecular weight is 836 g/mol. The van der Waals surface area contributed by atoms with E-state index in [1.54, 1.807) is 0 Å². The lowest BCUT2D eigenvalue weighted by molar-refractivity contribution is -0.0613. The molecule has 0 aliphatic carbocycles. The van der Waals surface area contributed by atoms with Gasteiger partial charge in [-0.3, -0.25) is 22.7 Å². The van der Waals surface area contributed by atoms with Crippen LogP contribution in [-0.2, 0) is 49.9 Å². The number of fused-ring (bicyclic) bond motifs is 2. The van der Waals surface area contributed by atoms with Crippen LogP contribution < -0.4 is 11.5 Å². The molecule has 0 amide bonds. The molecule has 0 bridgehead atoms. The van der Waals surface area contributed by atoms with Crippen molar-refractivity contribution in [2.24, 2.45) is 0 Å². The highest BCUT2D eigenvalue weighted by Gasteiger charge is 2.52. The van der Waals surface area contributed by atoms with Crippen molar-refractivity contribution in [2.75, 3.05) is 24.7 Å². The Morgan fingerprint density at radius 1 is 0.642 bits per heavy atom. The van der Waals surface area contributed by atoms with Gasteiger partial charge < -0.3 is 60.7 Å². The molecule has 0 saturated carbocycles. The van der Waals surface area contributed by atoms with Gasteiger partial charge in [0.1, 0.15) is 60.3 Å². The number of hydrogen-bond donors (Lipinski definition) is 10. The molecule has 11 unspecified atom stereocenters. The first-order valence-corrected chi connectivity index (χ1v) is 20.3. The average Bonchev–Trinajstić information content (AvgIpc) is 3.80. The molecule has 0 aromatic carbocycles. The molecule has 2 fully saturated rings. The minimum atomic E-state index is -5.91. The number of nitrogens with two attached hydrogens (primary N) is 2. The van der Waals surface area contributed by atoms with Crippen LogP contribution in [0.25, 0.3) is 22.3 Å². The monoisotopic (exact) mass is 836 g/mol. The van der Waals surface area contributed by atoms with Gasteiger partial charge in [-0.05, 0) is 0 Å². The van der Waals surface area contributed by atoms with Gasteiger partial charge in [0.15, 0.2) is 35.4 Å². The van der Waals surface area contributed by atoms with Gasteiger partial charge in [0, 0.05) is 0 Å². The van der Waals surface area contributed by atoms with Crippen LogP contribution in [0.5, 0.6) is 0 Å². The first-order valence-electron chi connectivity index (χ1n) is 14.3. The summed E-state index contributed by atoms with van der Waals surface area (Å²) in [6, 6.07) is 0. The summed E-state index contributed by atoms with van der Waals surface area (Å²) < 4.78 is 84.0. The summed E-state index contributed by atoms with van der Waals surface area (Å²) in [5.74, 6) is -0.0901. The van der Waals surface area contributed by atoms with Crippen LogP contribution in [0.15, 0.2) is 25.3 Å². The summed E-state index contributed by atoms with van der Waals surface area (Å²) >= 11 is 0. The van der Waals surface area contributed by atoms with E-state index < -0.39 is 93.6 Å². The fourth-order valence-electron chi connectivity index (χ4n) is 5.23. The van der Waals surface area contributed by atoms with Crippen molar-refractivity contribution in [1.29, 1.82) is 0 Å². The SMILES string of the molecule is Nc1ncnc2c1ncn2C1OC(COP(=O)(O)OC2C(O)C(COP(=O)(O)OP(=O)(O)OP(=O)(O)O)OC2n2cnc3c(N)ncnc32)C(O)C1O. The first kappa shape index (κ1) is 39.7. The third-order valence-corrected chi connectivity index (χ3v) is 12.2. The van der Waals surface area contributed by atoms with E-state index in [9.17, 15) is 48.3 Å². The summed E-state index contributed by atoms with van der Waals surface area (Å²) in [6.07, 6.45) is -9.24. The molecule has 6 rings (SSSR count). The number of anilines is 2. The van der Waals surface area contributed by atoms with Crippen molar-refractivity contribution in [3.8, 4) is 0 Å². The van der Waals surface area contributed by atoms with E-state index in [2.05, 4.69) is 43.0 Å². The number of imidazole rings is 2. The number of rotatable bonds is 14. The molecule has 2 aliphatic rings. The van der Waals surface area contributed by atoms with Crippen molar-refractivity contribution < 1.29 is 89.7 Å². The lowest BCUT2D eigenvalue weighted by Gasteiger charge is -2.25. The highest BCUT2D eigenvalue weighted by atomic mass is 31.3. The zero-order chi connectivity index (χ0) is 38.7. The van der Waals surface area contributed by atoms with E-state index in [1.165, 1.54) is 10.9 Å². The Kier molecular flexibility index (Phi) is 10.9. The maximum Gasteiger partial charge on any atom is 0.490 e. The molecule has 2 aliphatic heterocycles. The third kappa shape index (κ3) is 8.64. The number of ether oxygens (including phenoxy) is 2. The van der Waals surface area contributed by atoms with Crippen LogP contribution >= 0.6 is 31.3 Å². The van der Waals surface area contributed by atoms with E-state index in [0.717, 1.165) is 23.5 Å². The predicted molar refractivity (Wildman–Crippen MR) is 166 cm³/mol. The molecule has 292 valence electrons. The number of phosphoric ester groups is 2. The largest absolute Gasteiger partial charge is 0.490 e. The molecule has 6 heterocycles. The Labute approximate surface area is 293 Å². The Bertz CT molecular complexity index is 2190. The van der Waals surface area contributed by atoms with Crippen LogP contribution in [0.4, 0.5) is 11.6 Å². The molecule has 11 atom stereocenters. The number of nitrogens with zero attached hydrogens (tertiary/aromatic N) is 8. The van der Waals surface area contributed by atoms with Gasteiger partial charge in [-0.2, -0.15) is 8.62 Å². The van der Waals surface area contributed by atoms with Gasteiger partial charge in [0.2, 0.25) is 0 Å². The molecular weight excluding hydrogens is 808 g/mol. The van der Waals surface area contributed by atoms with Crippen LogP contribution in [-0.4, -0.2) is 129 Å². The second-order valence-electron chi connectivity index (χ2n) is 11.0. The summed E-state index contributed by atoms with van der Waals surface area (Å²) in [6.45, 7) is -2.10. The first-order chi connectivity index (χ1) is 24.7. The summed E-state index contributed by atoms with van der Waals surface area (Å²) in [5, 5.41) is 32.5. The minimum Gasteiger partial charge on any atom is -0.387 e. The highest BCUT2D eigenvalue weighted by molar-refractivity contribution is 7.66. The quantitative estimate of drug-likeness (QED) is 0.0589. The van der Waals surface area contributed by atoms with E-state index in [-0.39, 0.29) is 34.0 Å². The smallest absolute Gasteiger partial charge is 0.387 e. The van der Waals surface area contributed by atoms with Crippen LogP contribution in [0, 0.1) is 0 Å². The van der Waals surface area contributed by atoms with E-state index in [0.29, 0.717) is 0 Å². The van der Waals surface area contributed by atoms with Gasteiger partial charge in [-0.15, -0.1) is 0 Å². The number of hydrogen-bond acceptors (Lipinski definition) is 22. The van der Waals surface area contributed by atoms with Gasteiger partial charge in [-0.25, -0.2) is 48.2 Å². The Balaban J connectivity index is 1.18. The molecule has 0 radical (unpaired) electrons. The Morgan fingerprint density at radius 2 is 1.13 bits per heavy atom. The zero-order valence-corrected chi connectivity index (χ0v) is 29.5. The van der Waals surface area contributed by atoms with Crippen molar-refractivity contribution in [1.82, 2.24) is 39.0 Å². The maximum atomic E-state index is 13.3. The third-order valence-electron chi connectivity index (χ3n) is 7.45. The van der Waals surface area contributed by atoms with E-state index in [4.69, 9.17) is 39.8 Å².